The van der Waals surface area contributed by atoms with E-state index in [1.807, 2.05) is 0 Å². The van der Waals surface area contributed by atoms with Crippen molar-refractivity contribution in [1.82, 2.24) is 0 Å². The second kappa shape index (κ2) is 3.70. The van der Waals surface area contributed by atoms with Crippen LogP contribution in [0.1, 0.15) is 36.8 Å². The maximum atomic E-state index is 11.3. The van der Waals surface area contributed by atoms with Crippen LogP contribution in [0.3, 0.4) is 0 Å². The molecule has 1 heterocycles. The first-order valence-electron chi connectivity index (χ1n) is 6.04. The first-order chi connectivity index (χ1) is 7.80. The number of ether oxygens (including phenoxy) is 1. The molecular formula is C14H16O2. The van der Waals surface area contributed by atoms with E-state index >= 15 is 0 Å². The number of carbonyl (C=O) groups is 1. The zero-order valence-electron chi connectivity index (χ0n) is 9.37. The molecule has 1 aromatic carbocycles. The molecule has 0 saturated heterocycles. The summed E-state index contributed by atoms with van der Waals surface area (Å²) in [5, 5.41) is 0. The first kappa shape index (κ1) is 10.0. The predicted octanol–water partition coefficient (Wildman–Crippen LogP) is 2.60. The van der Waals surface area contributed by atoms with Crippen molar-refractivity contribution in [1.29, 1.82) is 0 Å². The largest absolute Gasteiger partial charge is 0.370 e. The third kappa shape index (κ3) is 1.49. The number of carbonyl (C=O) groups excluding carboxylic acids is 1. The topological polar surface area (TPSA) is 26.3 Å². The number of hydrogen-bond donors (Lipinski definition) is 0. The zero-order chi connectivity index (χ0) is 11.0. The summed E-state index contributed by atoms with van der Waals surface area (Å²) in [5.74, 6) is 0.386. The van der Waals surface area contributed by atoms with Crippen molar-refractivity contribution in [3.8, 4) is 0 Å². The molecule has 0 N–H and O–H groups in total. The molecule has 0 bridgehead atoms. The Labute approximate surface area is 95.6 Å². The number of fused-ring (bicyclic) bond motifs is 2. The van der Waals surface area contributed by atoms with Gasteiger partial charge in [0, 0.05) is 12.8 Å². The SMILES string of the molecule is O=C1CCC2(CC1)OCCc1ccccc12. The highest BCUT2D eigenvalue weighted by Gasteiger charge is 2.40. The van der Waals surface area contributed by atoms with Crippen molar-refractivity contribution < 1.29 is 9.53 Å². The number of hydrogen-bond acceptors (Lipinski definition) is 2. The highest BCUT2D eigenvalue weighted by Crippen LogP contribution is 2.43. The van der Waals surface area contributed by atoms with Crippen molar-refractivity contribution in [2.75, 3.05) is 6.61 Å². The number of rotatable bonds is 0. The summed E-state index contributed by atoms with van der Waals surface area (Å²) in [6, 6.07) is 8.53. The van der Waals surface area contributed by atoms with Crippen LogP contribution in [0.2, 0.25) is 0 Å². The van der Waals surface area contributed by atoms with Gasteiger partial charge in [-0.3, -0.25) is 4.79 Å². The molecule has 1 aliphatic heterocycles. The Bertz CT molecular complexity index is 412. The van der Waals surface area contributed by atoms with Gasteiger partial charge in [-0.25, -0.2) is 0 Å². The number of benzene rings is 1. The molecule has 0 unspecified atom stereocenters. The van der Waals surface area contributed by atoms with E-state index < -0.39 is 0 Å². The van der Waals surface area contributed by atoms with Gasteiger partial charge in [-0.2, -0.15) is 0 Å². The third-order valence-electron chi connectivity index (χ3n) is 3.87. The summed E-state index contributed by atoms with van der Waals surface area (Å²) in [6.45, 7) is 0.797. The normalized spacial score (nSPS) is 23.1. The first-order valence-corrected chi connectivity index (χ1v) is 6.04. The quantitative estimate of drug-likeness (QED) is 0.666. The van der Waals surface area contributed by atoms with Gasteiger partial charge in [0.1, 0.15) is 5.78 Å². The van der Waals surface area contributed by atoms with E-state index in [-0.39, 0.29) is 5.60 Å². The lowest BCUT2D eigenvalue weighted by molar-refractivity contribution is -0.132. The Morgan fingerprint density at radius 3 is 2.62 bits per heavy atom. The molecule has 2 heteroatoms. The Kier molecular flexibility index (Phi) is 2.32. The van der Waals surface area contributed by atoms with Crippen LogP contribution in [0.4, 0.5) is 0 Å². The minimum absolute atomic E-state index is 0.150. The molecule has 84 valence electrons. The van der Waals surface area contributed by atoms with Gasteiger partial charge in [-0.1, -0.05) is 24.3 Å². The molecule has 1 spiro atoms. The summed E-state index contributed by atoms with van der Waals surface area (Å²) >= 11 is 0. The van der Waals surface area contributed by atoms with E-state index in [1.54, 1.807) is 0 Å². The molecule has 1 aliphatic carbocycles. The molecule has 2 nitrogen and oxygen atoms in total. The van der Waals surface area contributed by atoms with Gasteiger partial charge in [0.05, 0.1) is 12.2 Å². The van der Waals surface area contributed by atoms with Crippen molar-refractivity contribution >= 4 is 5.78 Å². The van der Waals surface area contributed by atoms with E-state index in [9.17, 15) is 4.79 Å². The van der Waals surface area contributed by atoms with Crippen LogP contribution in [-0.2, 0) is 21.6 Å². The van der Waals surface area contributed by atoms with Crippen LogP contribution in [0.15, 0.2) is 24.3 Å². The van der Waals surface area contributed by atoms with Crippen LogP contribution in [-0.4, -0.2) is 12.4 Å². The van der Waals surface area contributed by atoms with Gasteiger partial charge < -0.3 is 4.74 Å². The van der Waals surface area contributed by atoms with E-state index in [0.717, 1.165) is 25.9 Å². The Hall–Kier alpha value is -1.15. The van der Waals surface area contributed by atoms with E-state index in [0.29, 0.717) is 18.6 Å². The monoisotopic (exact) mass is 216 g/mol. The van der Waals surface area contributed by atoms with E-state index in [1.165, 1.54) is 11.1 Å². The van der Waals surface area contributed by atoms with Crippen LogP contribution < -0.4 is 0 Å². The molecule has 16 heavy (non-hydrogen) atoms. The lowest BCUT2D eigenvalue weighted by Crippen LogP contribution is -2.39. The summed E-state index contributed by atoms with van der Waals surface area (Å²) in [7, 11) is 0. The zero-order valence-corrected chi connectivity index (χ0v) is 9.37. The van der Waals surface area contributed by atoms with Gasteiger partial charge in [0.25, 0.3) is 0 Å². The molecule has 1 aromatic rings. The van der Waals surface area contributed by atoms with Crippen LogP contribution >= 0.6 is 0 Å². The summed E-state index contributed by atoms with van der Waals surface area (Å²) < 4.78 is 6.03. The standard InChI is InChI=1S/C14H16O2/c15-12-5-8-14(9-6-12)13-4-2-1-3-11(13)7-10-16-14/h1-4H,5-10H2. The van der Waals surface area contributed by atoms with Gasteiger partial charge in [-0.05, 0) is 30.4 Å². The van der Waals surface area contributed by atoms with Crippen molar-refractivity contribution in [3.05, 3.63) is 35.4 Å². The van der Waals surface area contributed by atoms with Gasteiger partial charge in [-0.15, -0.1) is 0 Å². The number of Topliss-reactive ketones (excluding diaryl/α,β-unsaturated/α-hetero) is 1. The molecule has 3 rings (SSSR count). The maximum Gasteiger partial charge on any atom is 0.133 e. The average molecular weight is 216 g/mol. The van der Waals surface area contributed by atoms with Crippen LogP contribution in [0, 0.1) is 0 Å². The van der Waals surface area contributed by atoms with Gasteiger partial charge in [0.2, 0.25) is 0 Å². The predicted molar refractivity (Wildman–Crippen MR) is 61.3 cm³/mol. The molecule has 2 aliphatic rings. The Balaban J connectivity index is 2.00. The maximum absolute atomic E-state index is 11.3. The summed E-state index contributed by atoms with van der Waals surface area (Å²) in [4.78, 5) is 11.3. The van der Waals surface area contributed by atoms with Crippen molar-refractivity contribution in [3.63, 3.8) is 0 Å². The fraction of sp³-hybridized carbons (Fsp3) is 0.500. The Morgan fingerprint density at radius 1 is 1.06 bits per heavy atom. The third-order valence-corrected chi connectivity index (χ3v) is 3.87. The van der Waals surface area contributed by atoms with Crippen molar-refractivity contribution in [2.24, 2.45) is 0 Å². The molecule has 0 atom stereocenters. The van der Waals surface area contributed by atoms with Gasteiger partial charge in [0.15, 0.2) is 0 Å². The Morgan fingerprint density at radius 2 is 1.81 bits per heavy atom. The molecule has 1 fully saturated rings. The lowest BCUT2D eigenvalue weighted by atomic mass is 9.75. The van der Waals surface area contributed by atoms with Crippen LogP contribution in [0.25, 0.3) is 0 Å². The molecule has 1 saturated carbocycles. The second-order valence-corrected chi connectivity index (χ2v) is 4.79. The average Bonchev–Trinajstić information content (AvgIpc) is 2.34. The molecular weight excluding hydrogens is 200 g/mol. The minimum Gasteiger partial charge on any atom is -0.370 e. The van der Waals surface area contributed by atoms with Gasteiger partial charge >= 0.3 is 0 Å². The smallest absolute Gasteiger partial charge is 0.133 e. The van der Waals surface area contributed by atoms with Crippen LogP contribution in [0.5, 0.6) is 0 Å². The fourth-order valence-corrected chi connectivity index (χ4v) is 2.96. The molecule has 0 radical (unpaired) electrons. The highest BCUT2D eigenvalue weighted by atomic mass is 16.5. The second-order valence-electron chi connectivity index (χ2n) is 4.79. The highest BCUT2D eigenvalue weighted by molar-refractivity contribution is 5.79. The van der Waals surface area contributed by atoms with Crippen molar-refractivity contribution in [2.45, 2.75) is 37.7 Å². The summed E-state index contributed by atoms with van der Waals surface area (Å²) in [6.07, 6.45) is 4.08. The van der Waals surface area contributed by atoms with E-state index in [4.69, 9.17) is 4.74 Å². The minimum atomic E-state index is -0.150. The van der Waals surface area contributed by atoms with E-state index in [2.05, 4.69) is 24.3 Å². The number of ketones is 1. The summed E-state index contributed by atoms with van der Waals surface area (Å²) in [5.41, 5.74) is 2.58. The lowest BCUT2D eigenvalue weighted by Gasteiger charge is -2.41. The molecule has 0 aromatic heterocycles. The fourth-order valence-electron chi connectivity index (χ4n) is 2.96. The molecule has 0 amide bonds.